The second-order valence-corrected chi connectivity index (χ2v) is 8.59. The lowest BCUT2D eigenvalue weighted by atomic mass is 10.1. The van der Waals surface area contributed by atoms with Crippen molar-refractivity contribution in [2.24, 2.45) is 0 Å². The summed E-state index contributed by atoms with van der Waals surface area (Å²) in [5, 5.41) is 8.01. The fourth-order valence-electron chi connectivity index (χ4n) is 2.97. The van der Waals surface area contributed by atoms with Crippen molar-refractivity contribution >= 4 is 40.7 Å². The van der Waals surface area contributed by atoms with Gasteiger partial charge in [0.15, 0.2) is 5.11 Å². The second kappa shape index (κ2) is 13.2. The zero-order valence-electron chi connectivity index (χ0n) is 18.0. The first-order valence-electron chi connectivity index (χ1n) is 10.5. The Kier molecular flexibility index (Phi) is 9.68. The summed E-state index contributed by atoms with van der Waals surface area (Å²) in [7, 11) is 0. The van der Waals surface area contributed by atoms with Crippen molar-refractivity contribution in [3.8, 4) is 0 Å². The van der Waals surface area contributed by atoms with E-state index in [1.165, 1.54) is 4.88 Å². The molecule has 0 bridgehead atoms. The van der Waals surface area contributed by atoms with E-state index in [0.29, 0.717) is 18.1 Å². The molecule has 33 heavy (non-hydrogen) atoms. The number of hydrogen-bond acceptors (Lipinski definition) is 5. The van der Waals surface area contributed by atoms with Gasteiger partial charge >= 0.3 is 6.09 Å². The molecule has 2 amide bonds. The lowest BCUT2D eigenvalue weighted by molar-refractivity contribution is -0.123. The molecular formula is C24H26N4O3S2. The lowest BCUT2D eigenvalue weighted by Crippen LogP contribution is -2.55. The molecule has 3 rings (SSSR count). The highest BCUT2D eigenvalue weighted by Crippen LogP contribution is 2.08. The highest BCUT2D eigenvalue weighted by atomic mass is 32.1. The number of alkyl carbamates (subject to hydrolysis) is 1. The number of thiophene rings is 1. The predicted molar refractivity (Wildman–Crippen MR) is 134 cm³/mol. The lowest BCUT2D eigenvalue weighted by Gasteiger charge is -2.19. The Balaban J connectivity index is 1.49. The number of hydrazine groups is 1. The van der Waals surface area contributed by atoms with Gasteiger partial charge in [-0.3, -0.25) is 15.6 Å². The zero-order valence-corrected chi connectivity index (χ0v) is 19.6. The first-order chi connectivity index (χ1) is 16.1. The van der Waals surface area contributed by atoms with Crippen LogP contribution in [-0.4, -0.2) is 29.7 Å². The Morgan fingerprint density at radius 2 is 1.61 bits per heavy atom. The van der Waals surface area contributed by atoms with Gasteiger partial charge in [-0.15, -0.1) is 11.3 Å². The van der Waals surface area contributed by atoms with Crippen molar-refractivity contribution < 1.29 is 14.3 Å². The Morgan fingerprint density at radius 1 is 0.909 bits per heavy atom. The molecule has 0 saturated carbocycles. The molecule has 2 aromatic carbocycles. The van der Waals surface area contributed by atoms with Crippen molar-refractivity contribution in [2.75, 3.05) is 6.54 Å². The van der Waals surface area contributed by atoms with Crippen LogP contribution in [0.2, 0.25) is 0 Å². The average Bonchev–Trinajstić information content (AvgIpc) is 3.36. The number of hydrogen-bond donors (Lipinski definition) is 4. The van der Waals surface area contributed by atoms with E-state index in [9.17, 15) is 9.59 Å². The molecular weight excluding hydrogens is 456 g/mol. The number of carbonyl (C=O) groups excluding carboxylic acids is 2. The zero-order chi connectivity index (χ0) is 23.3. The Hall–Kier alpha value is -3.43. The number of thiocarbonyl (C=S) groups is 1. The van der Waals surface area contributed by atoms with Gasteiger partial charge in [-0.25, -0.2) is 4.79 Å². The summed E-state index contributed by atoms with van der Waals surface area (Å²) in [6.07, 6.45) is 0.457. The monoisotopic (exact) mass is 482 g/mol. The highest BCUT2D eigenvalue weighted by Gasteiger charge is 2.22. The van der Waals surface area contributed by atoms with Gasteiger partial charge in [-0.2, -0.15) is 0 Å². The molecule has 0 aliphatic rings. The molecule has 1 atom stereocenters. The quantitative estimate of drug-likeness (QED) is 0.276. The summed E-state index contributed by atoms with van der Waals surface area (Å²) < 4.78 is 5.27. The van der Waals surface area contributed by atoms with Crippen LogP contribution >= 0.6 is 23.6 Å². The van der Waals surface area contributed by atoms with E-state index in [-0.39, 0.29) is 6.61 Å². The third-order valence-electron chi connectivity index (χ3n) is 4.64. The highest BCUT2D eigenvalue weighted by molar-refractivity contribution is 7.80. The molecule has 0 aliphatic heterocycles. The second-order valence-electron chi connectivity index (χ2n) is 7.15. The molecule has 0 unspecified atom stereocenters. The van der Waals surface area contributed by atoms with E-state index in [1.54, 1.807) is 11.3 Å². The number of rotatable bonds is 9. The third kappa shape index (κ3) is 8.91. The van der Waals surface area contributed by atoms with Crippen molar-refractivity contribution in [1.82, 2.24) is 21.5 Å². The smallest absolute Gasteiger partial charge is 0.408 e. The van der Waals surface area contributed by atoms with Gasteiger partial charge in [0.2, 0.25) is 0 Å². The summed E-state index contributed by atoms with van der Waals surface area (Å²) in [6.45, 7) is 0.753. The van der Waals surface area contributed by atoms with Crippen LogP contribution < -0.4 is 21.5 Å². The third-order valence-corrected chi connectivity index (χ3v) is 5.82. The van der Waals surface area contributed by atoms with Gasteiger partial charge < -0.3 is 15.4 Å². The molecule has 0 spiro atoms. The largest absolute Gasteiger partial charge is 0.445 e. The number of carbonyl (C=O) groups is 2. The maximum absolute atomic E-state index is 12.8. The fourth-order valence-corrected chi connectivity index (χ4v) is 3.83. The first-order valence-corrected chi connectivity index (χ1v) is 11.8. The molecule has 1 heterocycles. The minimum absolute atomic E-state index is 0.114. The molecule has 7 nitrogen and oxygen atoms in total. The number of nitrogens with one attached hydrogen (secondary N) is 4. The van der Waals surface area contributed by atoms with Crippen LogP contribution in [0.1, 0.15) is 16.0 Å². The minimum atomic E-state index is -0.850. The SMILES string of the molecule is O=C(N[C@@H](Cc1ccccc1)C(=O)NNC(=S)NCCc1cccs1)OCc1ccccc1. The van der Waals surface area contributed by atoms with E-state index in [4.69, 9.17) is 17.0 Å². The molecule has 3 aromatic rings. The van der Waals surface area contributed by atoms with Gasteiger partial charge in [-0.1, -0.05) is 66.7 Å². The van der Waals surface area contributed by atoms with Crippen molar-refractivity contribution in [3.63, 3.8) is 0 Å². The van der Waals surface area contributed by atoms with Crippen molar-refractivity contribution in [2.45, 2.75) is 25.5 Å². The topological polar surface area (TPSA) is 91.5 Å². The summed E-state index contributed by atoms with van der Waals surface area (Å²) in [6, 6.07) is 22.0. The molecule has 0 aliphatic carbocycles. The van der Waals surface area contributed by atoms with Crippen LogP contribution in [0, 0.1) is 0 Å². The summed E-state index contributed by atoms with van der Waals surface area (Å²) in [5.41, 5.74) is 7.02. The van der Waals surface area contributed by atoms with Gasteiger partial charge in [0.1, 0.15) is 12.6 Å². The van der Waals surface area contributed by atoms with E-state index < -0.39 is 18.0 Å². The van der Waals surface area contributed by atoms with Crippen LogP contribution in [0.25, 0.3) is 0 Å². The minimum Gasteiger partial charge on any atom is -0.445 e. The maximum atomic E-state index is 12.8. The molecule has 0 fully saturated rings. The fraction of sp³-hybridized carbons (Fsp3) is 0.208. The average molecular weight is 483 g/mol. The maximum Gasteiger partial charge on any atom is 0.408 e. The molecule has 1 aromatic heterocycles. The summed E-state index contributed by atoms with van der Waals surface area (Å²) >= 11 is 6.90. The molecule has 172 valence electrons. The molecule has 0 saturated heterocycles. The number of ether oxygens (including phenoxy) is 1. The van der Waals surface area contributed by atoms with Crippen LogP contribution in [0.5, 0.6) is 0 Å². The Labute approximate surface area is 202 Å². The molecule has 0 radical (unpaired) electrons. The van der Waals surface area contributed by atoms with E-state index in [0.717, 1.165) is 17.5 Å². The number of benzene rings is 2. The van der Waals surface area contributed by atoms with E-state index >= 15 is 0 Å². The summed E-state index contributed by atoms with van der Waals surface area (Å²) in [5.74, 6) is -0.432. The van der Waals surface area contributed by atoms with Gasteiger partial charge in [0, 0.05) is 17.8 Å². The van der Waals surface area contributed by atoms with Gasteiger partial charge in [0.05, 0.1) is 0 Å². The summed E-state index contributed by atoms with van der Waals surface area (Å²) in [4.78, 5) is 26.4. The molecule has 9 heteroatoms. The van der Waals surface area contributed by atoms with Gasteiger partial charge in [-0.05, 0) is 41.2 Å². The van der Waals surface area contributed by atoms with Crippen LogP contribution in [0.3, 0.4) is 0 Å². The number of amides is 2. The van der Waals surface area contributed by atoms with Gasteiger partial charge in [0.25, 0.3) is 5.91 Å². The van der Waals surface area contributed by atoms with E-state index in [1.807, 2.05) is 72.1 Å². The van der Waals surface area contributed by atoms with Crippen molar-refractivity contribution in [3.05, 3.63) is 94.2 Å². The first kappa shape index (κ1) is 24.2. The molecule has 4 N–H and O–H groups in total. The van der Waals surface area contributed by atoms with Crippen LogP contribution in [0.15, 0.2) is 78.2 Å². The Bertz CT molecular complexity index is 1010. The Morgan fingerprint density at radius 3 is 2.27 bits per heavy atom. The van der Waals surface area contributed by atoms with Crippen molar-refractivity contribution in [1.29, 1.82) is 0 Å². The normalized spacial score (nSPS) is 11.2. The van der Waals surface area contributed by atoms with Crippen LogP contribution in [0.4, 0.5) is 4.79 Å². The van der Waals surface area contributed by atoms with E-state index in [2.05, 4.69) is 27.6 Å². The standard InChI is InChI=1S/C24H26N4O3S2/c29-22(27-28-23(32)25-14-13-20-12-7-15-33-20)21(16-18-8-3-1-4-9-18)26-24(30)31-17-19-10-5-2-6-11-19/h1-12,15,21H,13-14,16-17H2,(H,26,30)(H,27,29)(H2,25,28,32)/t21-/m0/s1. The van der Waals surface area contributed by atoms with Crippen LogP contribution in [-0.2, 0) is 29.0 Å². The predicted octanol–water partition coefficient (Wildman–Crippen LogP) is 3.32.